The average Bonchev–Trinajstić information content (AvgIpc) is 3.36. The van der Waals surface area contributed by atoms with Crippen LogP contribution in [0.4, 0.5) is 0 Å². The summed E-state index contributed by atoms with van der Waals surface area (Å²) in [5.41, 5.74) is 14.2. The quantitative estimate of drug-likeness (QED) is 0.211. The molecular weight excluding hydrogens is 546 g/mol. The SMILES string of the molecule is COc1c(C(=O)CC(c2c(C)c(C)cc(C)c2C)C(C)(C)N)ccc2c1OC(c1ccccc1)(c1ccccc1)O2.Cl. The lowest BCUT2D eigenvalue weighted by Crippen LogP contribution is -2.41. The number of ketones is 1. The van der Waals surface area contributed by atoms with Gasteiger partial charge in [0, 0.05) is 29.0 Å². The molecule has 0 aliphatic carbocycles. The van der Waals surface area contributed by atoms with Crippen molar-refractivity contribution in [2.24, 2.45) is 5.73 Å². The Kier molecular flexibility index (Phi) is 8.77. The molecule has 0 spiro atoms. The van der Waals surface area contributed by atoms with Gasteiger partial charge < -0.3 is 19.9 Å². The third-order valence-electron chi connectivity index (χ3n) is 8.45. The van der Waals surface area contributed by atoms with Crippen molar-refractivity contribution in [2.45, 2.75) is 65.2 Å². The van der Waals surface area contributed by atoms with Crippen LogP contribution >= 0.6 is 12.4 Å². The van der Waals surface area contributed by atoms with E-state index in [0.717, 1.165) is 16.7 Å². The first-order valence-corrected chi connectivity index (χ1v) is 14.1. The predicted octanol–water partition coefficient (Wildman–Crippen LogP) is 8.12. The largest absolute Gasteiger partial charge is 0.492 e. The van der Waals surface area contributed by atoms with E-state index in [-0.39, 0.29) is 30.5 Å². The molecule has 220 valence electrons. The van der Waals surface area contributed by atoms with Gasteiger partial charge in [0.1, 0.15) is 0 Å². The molecule has 0 amide bonds. The van der Waals surface area contributed by atoms with Crippen molar-refractivity contribution in [1.29, 1.82) is 0 Å². The van der Waals surface area contributed by atoms with Crippen LogP contribution in [-0.4, -0.2) is 18.4 Å². The van der Waals surface area contributed by atoms with Gasteiger partial charge in [-0.05, 0) is 81.5 Å². The second-order valence-electron chi connectivity index (χ2n) is 11.7. The van der Waals surface area contributed by atoms with Crippen LogP contribution in [0.3, 0.4) is 0 Å². The van der Waals surface area contributed by atoms with Crippen molar-refractivity contribution in [3.63, 3.8) is 0 Å². The topological polar surface area (TPSA) is 70.8 Å². The Hall–Kier alpha value is -3.80. The fourth-order valence-electron chi connectivity index (χ4n) is 5.98. The van der Waals surface area contributed by atoms with E-state index >= 15 is 0 Å². The zero-order valence-electron chi connectivity index (χ0n) is 25.4. The van der Waals surface area contributed by atoms with E-state index in [2.05, 4.69) is 33.8 Å². The summed E-state index contributed by atoms with van der Waals surface area (Å²) in [5, 5.41) is 0. The number of benzene rings is 4. The van der Waals surface area contributed by atoms with Crippen LogP contribution in [0.5, 0.6) is 17.2 Å². The summed E-state index contributed by atoms with van der Waals surface area (Å²) >= 11 is 0. The first kappa shape index (κ1) is 31.1. The zero-order chi connectivity index (χ0) is 29.5. The fraction of sp³-hybridized carbons (Fsp3) is 0.306. The normalized spacial score (nSPS) is 14.2. The molecule has 5 nitrogen and oxygen atoms in total. The number of carbonyl (C=O) groups excluding carboxylic acids is 1. The van der Waals surface area contributed by atoms with E-state index in [1.165, 1.54) is 22.3 Å². The number of Topliss-reactive ketones (excluding diaryl/α,β-unsaturated/α-hetero) is 1. The number of fused-ring (bicyclic) bond motifs is 1. The second-order valence-corrected chi connectivity index (χ2v) is 11.7. The molecule has 6 heteroatoms. The van der Waals surface area contributed by atoms with Gasteiger partial charge in [-0.1, -0.05) is 66.7 Å². The van der Waals surface area contributed by atoms with Crippen molar-refractivity contribution in [3.05, 3.63) is 123 Å². The van der Waals surface area contributed by atoms with Crippen LogP contribution in [-0.2, 0) is 5.79 Å². The van der Waals surface area contributed by atoms with E-state index in [0.29, 0.717) is 22.8 Å². The minimum Gasteiger partial charge on any atom is -0.492 e. The number of aryl methyl sites for hydroxylation is 2. The Bertz CT molecular complexity index is 1530. The predicted molar refractivity (Wildman–Crippen MR) is 171 cm³/mol. The molecule has 1 atom stereocenters. The Morgan fingerprint density at radius 2 is 1.38 bits per heavy atom. The molecular formula is C36H40ClNO4. The van der Waals surface area contributed by atoms with Crippen molar-refractivity contribution in [3.8, 4) is 17.2 Å². The molecule has 0 radical (unpaired) electrons. The minimum atomic E-state index is -1.21. The smallest absolute Gasteiger partial charge is 0.305 e. The summed E-state index contributed by atoms with van der Waals surface area (Å²) in [5.74, 6) is -0.183. The lowest BCUT2D eigenvalue weighted by atomic mass is 9.74. The maximum atomic E-state index is 14.1. The molecule has 1 unspecified atom stereocenters. The van der Waals surface area contributed by atoms with Crippen molar-refractivity contribution in [2.75, 3.05) is 7.11 Å². The van der Waals surface area contributed by atoms with E-state index < -0.39 is 11.3 Å². The van der Waals surface area contributed by atoms with Gasteiger partial charge in [-0.25, -0.2) is 0 Å². The number of ether oxygens (including phenoxy) is 3. The molecule has 42 heavy (non-hydrogen) atoms. The van der Waals surface area contributed by atoms with E-state index in [1.54, 1.807) is 19.2 Å². The molecule has 4 aromatic rings. The van der Waals surface area contributed by atoms with Crippen LogP contribution in [0.2, 0.25) is 0 Å². The summed E-state index contributed by atoms with van der Waals surface area (Å²) in [6.07, 6.45) is 0.229. The highest BCUT2D eigenvalue weighted by atomic mass is 35.5. The minimum absolute atomic E-state index is 0. The first-order valence-electron chi connectivity index (χ1n) is 14.1. The van der Waals surface area contributed by atoms with Crippen LogP contribution in [0, 0.1) is 27.7 Å². The molecule has 1 aliphatic rings. The van der Waals surface area contributed by atoms with Crippen molar-refractivity contribution < 1.29 is 19.0 Å². The van der Waals surface area contributed by atoms with Gasteiger partial charge >= 0.3 is 5.79 Å². The Morgan fingerprint density at radius 1 is 0.857 bits per heavy atom. The first-order chi connectivity index (χ1) is 19.5. The zero-order valence-corrected chi connectivity index (χ0v) is 26.2. The number of nitrogens with two attached hydrogens (primary N) is 1. The Labute approximate surface area is 255 Å². The van der Waals surface area contributed by atoms with Gasteiger partial charge in [0.25, 0.3) is 0 Å². The maximum Gasteiger partial charge on any atom is 0.305 e. The number of rotatable bonds is 8. The summed E-state index contributed by atoms with van der Waals surface area (Å²) in [4.78, 5) is 14.1. The van der Waals surface area contributed by atoms with Gasteiger partial charge in [-0.2, -0.15) is 0 Å². The molecule has 0 fully saturated rings. The highest BCUT2D eigenvalue weighted by molar-refractivity contribution is 6.00. The summed E-state index contributed by atoms with van der Waals surface area (Å²) in [7, 11) is 1.56. The third kappa shape index (κ3) is 5.39. The standard InChI is InChI=1S/C36H39NO4.ClH/c1-22-20-23(2)25(4)32(24(22)3)29(35(5,6)37)21-30(38)28-18-19-31-34(33(28)39-7)41-36(40-31,26-14-10-8-11-15-26)27-16-12-9-13-17-27;/h8-20,29H,21,37H2,1-7H3;1H. The summed E-state index contributed by atoms with van der Waals surface area (Å²) in [6, 6.07) is 25.4. The number of methoxy groups -OCH3 is 1. The van der Waals surface area contributed by atoms with Gasteiger partial charge in [0.05, 0.1) is 12.7 Å². The Morgan fingerprint density at radius 3 is 1.86 bits per heavy atom. The monoisotopic (exact) mass is 585 g/mol. The van der Waals surface area contributed by atoms with Crippen LogP contribution in [0.15, 0.2) is 78.9 Å². The number of hydrogen-bond acceptors (Lipinski definition) is 5. The highest BCUT2D eigenvalue weighted by Gasteiger charge is 2.47. The maximum absolute atomic E-state index is 14.1. The van der Waals surface area contributed by atoms with Crippen LogP contribution in [0.25, 0.3) is 0 Å². The van der Waals surface area contributed by atoms with Gasteiger partial charge in [0.15, 0.2) is 17.3 Å². The number of hydrogen-bond donors (Lipinski definition) is 1. The van der Waals surface area contributed by atoms with E-state index in [9.17, 15) is 4.79 Å². The van der Waals surface area contributed by atoms with E-state index in [1.807, 2.05) is 74.5 Å². The number of halogens is 1. The molecule has 0 bridgehead atoms. The van der Waals surface area contributed by atoms with Gasteiger partial charge in [0.2, 0.25) is 5.75 Å². The van der Waals surface area contributed by atoms with Crippen molar-refractivity contribution >= 4 is 18.2 Å². The lowest BCUT2D eigenvalue weighted by molar-refractivity contribution is -0.0467. The molecule has 0 saturated heterocycles. The van der Waals surface area contributed by atoms with Crippen LogP contribution < -0.4 is 19.9 Å². The van der Waals surface area contributed by atoms with E-state index in [4.69, 9.17) is 19.9 Å². The Balaban J connectivity index is 0.00000405. The summed E-state index contributed by atoms with van der Waals surface area (Å²) in [6.45, 7) is 12.4. The highest BCUT2D eigenvalue weighted by Crippen LogP contribution is 2.53. The molecule has 1 heterocycles. The fourth-order valence-corrected chi connectivity index (χ4v) is 5.98. The molecule has 0 aromatic heterocycles. The molecule has 5 rings (SSSR count). The third-order valence-corrected chi connectivity index (χ3v) is 8.45. The lowest BCUT2D eigenvalue weighted by Gasteiger charge is -2.34. The van der Waals surface area contributed by atoms with Crippen molar-refractivity contribution in [1.82, 2.24) is 0 Å². The molecule has 2 N–H and O–H groups in total. The summed E-state index contributed by atoms with van der Waals surface area (Å²) < 4.78 is 19.1. The van der Waals surface area contributed by atoms with Crippen LogP contribution in [0.1, 0.15) is 75.5 Å². The molecule has 4 aromatic carbocycles. The molecule has 1 aliphatic heterocycles. The molecule has 0 saturated carbocycles. The average molecular weight is 586 g/mol. The second kappa shape index (κ2) is 11.8. The van der Waals surface area contributed by atoms with Gasteiger partial charge in [-0.15, -0.1) is 12.4 Å². The van der Waals surface area contributed by atoms with Gasteiger partial charge in [-0.3, -0.25) is 4.79 Å². The number of carbonyl (C=O) groups is 1.